The zero-order valence-corrected chi connectivity index (χ0v) is 24.5. The van der Waals surface area contributed by atoms with Crippen LogP contribution in [0.5, 0.6) is 0 Å². The Morgan fingerprint density at radius 2 is 1.98 bits per heavy atom. The summed E-state index contributed by atoms with van der Waals surface area (Å²) >= 11 is 12.2. The summed E-state index contributed by atoms with van der Waals surface area (Å²) in [6.45, 7) is 6.15. The molecular formula is C28H36Cl2N6O4. The van der Waals surface area contributed by atoms with Gasteiger partial charge in [0.05, 0.1) is 10.0 Å². The summed E-state index contributed by atoms with van der Waals surface area (Å²) in [4.78, 5) is 49.7. The fourth-order valence-electron chi connectivity index (χ4n) is 5.19. The topological polar surface area (TPSA) is 140 Å². The normalized spacial score (nSPS) is 19.5. The first-order valence-corrected chi connectivity index (χ1v) is 14.3. The monoisotopic (exact) mass is 590 g/mol. The van der Waals surface area contributed by atoms with E-state index in [9.17, 15) is 14.4 Å². The van der Waals surface area contributed by atoms with Crippen molar-refractivity contribution in [1.82, 2.24) is 25.5 Å². The maximum absolute atomic E-state index is 13.8. The average molecular weight is 592 g/mol. The quantitative estimate of drug-likeness (QED) is 0.446. The molecule has 1 aromatic heterocycles. The molecule has 1 aliphatic heterocycles. The van der Waals surface area contributed by atoms with E-state index in [1.54, 1.807) is 50.1 Å². The second kappa shape index (κ2) is 12.6. The van der Waals surface area contributed by atoms with E-state index in [0.717, 1.165) is 30.5 Å². The van der Waals surface area contributed by atoms with Crippen molar-refractivity contribution < 1.29 is 19.1 Å². The van der Waals surface area contributed by atoms with Crippen LogP contribution in [0.4, 0.5) is 10.7 Å². The molecule has 40 heavy (non-hydrogen) atoms. The minimum atomic E-state index is -0.956. The Morgan fingerprint density at radius 1 is 1.20 bits per heavy atom. The Balaban J connectivity index is 1.42. The summed E-state index contributed by atoms with van der Waals surface area (Å²) in [5.74, 6) is -0.0349. The van der Waals surface area contributed by atoms with Crippen molar-refractivity contribution in [1.29, 1.82) is 0 Å². The molecule has 1 saturated heterocycles. The molecule has 10 nitrogen and oxygen atoms in total. The molecule has 0 bridgehead atoms. The number of carbonyl (C=O) groups excluding carboxylic acids is 3. The zero-order chi connectivity index (χ0) is 29.0. The van der Waals surface area contributed by atoms with Crippen LogP contribution in [0, 0.1) is 5.92 Å². The van der Waals surface area contributed by atoms with Crippen LogP contribution in [0.1, 0.15) is 56.9 Å². The second-order valence-corrected chi connectivity index (χ2v) is 12.2. The molecule has 1 fully saturated rings. The highest BCUT2D eigenvalue weighted by atomic mass is 35.5. The Hall–Kier alpha value is -3.11. The number of aryl methyl sites for hydroxylation is 1. The van der Waals surface area contributed by atoms with Gasteiger partial charge in [-0.2, -0.15) is 0 Å². The number of hydrogen-bond donors (Lipinski definition) is 3. The van der Waals surface area contributed by atoms with Crippen LogP contribution in [0.25, 0.3) is 0 Å². The highest BCUT2D eigenvalue weighted by molar-refractivity contribution is 6.42. The third kappa shape index (κ3) is 7.75. The lowest BCUT2D eigenvalue weighted by molar-refractivity contribution is -0.140. The largest absolute Gasteiger partial charge is 0.444 e. The Kier molecular flexibility index (Phi) is 9.41. The van der Waals surface area contributed by atoms with E-state index >= 15 is 0 Å². The van der Waals surface area contributed by atoms with Crippen molar-refractivity contribution in [3.05, 3.63) is 51.3 Å². The number of aromatic nitrogens is 2. The van der Waals surface area contributed by atoms with E-state index in [1.807, 2.05) is 0 Å². The van der Waals surface area contributed by atoms with Gasteiger partial charge in [0.1, 0.15) is 17.7 Å². The number of likely N-dealkylation sites (tertiary alicyclic amines) is 1. The number of alkyl carbamates (subject to hydrolysis) is 1. The van der Waals surface area contributed by atoms with Gasteiger partial charge in [0.15, 0.2) is 0 Å². The van der Waals surface area contributed by atoms with Gasteiger partial charge in [0, 0.05) is 31.4 Å². The van der Waals surface area contributed by atoms with Crippen LogP contribution in [-0.4, -0.2) is 63.5 Å². The molecule has 216 valence electrons. The molecular weight excluding hydrogens is 555 g/mol. The summed E-state index contributed by atoms with van der Waals surface area (Å²) in [7, 11) is 0. The number of nitrogens with zero attached hydrogens (tertiary/aromatic N) is 3. The number of anilines is 1. The first kappa shape index (κ1) is 29.9. The van der Waals surface area contributed by atoms with E-state index in [1.165, 1.54) is 0 Å². The number of nitrogen functional groups attached to an aromatic ring is 1. The van der Waals surface area contributed by atoms with Crippen LogP contribution < -0.4 is 16.4 Å². The molecule has 2 aliphatic rings. The molecule has 1 aliphatic carbocycles. The maximum atomic E-state index is 13.8. The number of carbonyl (C=O) groups is 3. The highest BCUT2D eigenvalue weighted by Gasteiger charge is 2.38. The van der Waals surface area contributed by atoms with Crippen LogP contribution >= 0.6 is 23.2 Å². The molecule has 1 aromatic carbocycles. The van der Waals surface area contributed by atoms with Crippen molar-refractivity contribution in [2.75, 3.05) is 18.8 Å². The molecule has 3 atom stereocenters. The Bertz CT molecular complexity index is 1270. The SMILES string of the molecule is CC(C)(C)OC(=O)N[C@H](Cc1ccc(Cl)c(Cl)c1)C(=O)N1CCC[C@H]1C(=O)NCC1CCc2nc(N)ncc2C1. The number of halogens is 2. The maximum Gasteiger partial charge on any atom is 0.408 e. The average Bonchev–Trinajstić information content (AvgIpc) is 3.37. The predicted molar refractivity (Wildman–Crippen MR) is 153 cm³/mol. The third-order valence-electron chi connectivity index (χ3n) is 7.09. The van der Waals surface area contributed by atoms with Gasteiger partial charge in [-0.3, -0.25) is 9.59 Å². The lowest BCUT2D eigenvalue weighted by Gasteiger charge is -2.30. The molecule has 0 saturated carbocycles. The van der Waals surface area contributed by atoms with Crippen LogP contribution in [-0.2, 0) is 33.6 Å². The van der Waals surface area contributed by atoms with Gasteiger partial charge in [-0.25, -0.2) is 14.8 Å². The Morgan fingerprint density at radius 3 is 2.70 bits per heavy atom. The molecule has 4 N–H and O–H groups in total. The van der Waals surface area contributed by atoms with Crippen LogP contribution in [0.2, 0.25) is 10.0 Å². The van der Waals surface area contributed by atoms with Gasteiger partial charge in [-0.1, -0.05) is 29.3 Å². The first-order valence-electron chi connectivity index (χ1n) is 13.5. The number of rotatable bonds is 7. The van der Waals surface area contributed by atoms with Gasteiger partial charge in [0.25, 0.3) is 0 Å². The summed E-state index contributed by atoms with van der Waals surface area (Å²) in [6.07, 6.45) is 4.85. The number of nitrogens with two attached hydrogens (primary N) is 1. The predicted octanol–water partition coefficient (Wildman–Crippen LogP) is 3.71. The summed E-state index contributed by atoms with van der Waals surface area (Å²) < 4.78 is 5.41. The summed E-state index contributed by atoms with van der Waals surface area (Å²) in [6, 6.07) is 3.48. The standard InChI is InChI=1S/C28H36Cl2N6O4/c1-28(2,3)40-27(39)35-22(13-16-6-8-19(29)20(30)12-16)25(38)36-10-4-5-23(36)24(37)32-14-17-7-9-21-18(11-17)15-33-26(31)34-21/h6,8,12,15,17,22-23H,4-5,7,9-11,13-14H2,1-3H3,(H,32,37)(H,35,39)(H2,31,33,34)/t17?,22-,23+/m1/s1. The fraction of sp³-hybridized carbons (Fsp3) is 0.536. The van der Waals surface area contributed by atoms with Crippen molar-refractivity contribution in [3.8, 4) is 0 Å². The lowest BCUT2D eigenvalue weighted by Crippen LogP contribution is -2.55. The zero-order valence-electron chi connectivity index (χ0n) is 23.0. The minimum absolute atomic E-state index is 0.161. The number of fused-ring (bicyclic) bond motifs is 1. The van der Waals surface area contributed by atoms with Gasteiger partial charge in [0.2, 0.25) is 17.8 Å². The van der Waals surface area contributed by atoms with Crippen LogP contribution in [0.15, 0.2) is 24.4 Å². The molecule has 2 heterocycles. The fourth-order valence-corrected chi connectivity index (χ4v) is 5.51. The minimum Gasteiger partial charge on any atom is -0.444 e. The van der Waals surface area contributed by atoms with E-state index in [4.69, 9.17) is 33.7 Å². The highest BCUT2D eigenvalue weighted by Crippen LogP contribution is 2.26. The van der Waals surface area contributed by atoms with Crippen LogP contribution in [0.3, 0.4) is 0 Å². The van der Waals surface area contributed by atoms with E-state index in [-0.39, 0.29) is 30.1 Å². The van der Waals surface area contributed by atoms with Gasteiger partial charge in [-0.15, -0.1) is 0 Å². The number of nitrogens with one attached hydrogen (secondary N) is 2. The molecule has 12 heteroatoms. The second-order valence-electron chi connectivity index (χ2n) is 11.4. The summed E-state index contributed by atoms with van der Waals surface area (Å²) in [5.41, 5.74) is 7.69. The van der Waals surface area contributed by atoms with Crippen molar-refractivity contribution in [2.45, 2.75) is 77.0 Å². The smallest absolute Gasteiger partial charge is 0.408 e. The molecule has 0 radical (unpaired) electrons. The first-order chi connectivity index (χ1) is 18.9. The Labute approximate surface area is 244 Å². The third-order valence-corrected chi connectivity index (χ3v) is 7.83. The number of amides is 3. The van der Waals surface area contributed by atoms with E-state index in [0.29, 0.717) is 41.5 Å². The molecule has 1 unspecified atom stereocenters. The van der Waals surface area contributed by atoms with Crippen molar-refractivity contribution in [3.63, 3.8) is 0 Å². The van der Waals surface area contributed by atoms with Gasteiger partial charge in [-0.05, 0) is 82.1 Å². The molecule has 2 aromatic rings. The molecule has 3 amide bonds. The molecule has 0 spiro atoms. The lowest BCUT2D eigenvalue weighted by atomic mass is 9.87. The van der Waals surface area contributed by atoms with Crippen molar-refractivity contribution >= 4 is 47.1 Å². The number of ether oxygens (including phenoxy) is 1. The number of benzene rings is 1. The van der Waals surface area contributed by atoms with Gasteiger partial charge >= 0.3 is 6.09 Å². The summed E-state index contributed by atoms with van der Waals surface area (Å²) in [5, 5.41) is 6.50. The van der Waals surface area contributed by atoms with Gasteiger partial charge < -0.3 is 26.0 Å². The van der Waals surface area contributed by atoms with E-state index < -0.39 is 23.8 Å². The molecule has 4 rings (SSSR count). The van der Waals surface area contributed by atoms with Crippen molar-refractivity contribution in [2.24, 2.45) is 5.92 Å². The number of hydrogen-bond acceptors (Lipinski definition) is 7. The van der Waals surface area contributed by atoms with E-state index in [2.05, 4.69) is 20.6 Å².